The molecule has 0 spiro atoms. The summed E-state index contributed by atoms with van der Waals surface area (Å²) in [5.41, 5.74) is 0.602. The van der Waals surface area contributed by atoms with Crippen LogP contribution >= 0.6 is 0 Å². The molecule has 0 aromatic heterocycles. The van der Waals surface area contributed by atoms with Crippen LogP contribution in [0.25, 0.3) is 0 Å². The number of carbonyl (C=O) groups is 1. The molecule has 0 saturated carbocycles. The molecule has 0 aliphatic rings. The van der Waals surface area contributed by atoms with Crippen LogP contribution in [0.1, 0.15) is 13.3 Å². The number of hydrogen-bond donors (Lipinski definition) is 1. The minimum absolute atomic E-state index is 0.249. The van der Waals surface area contributed by atoms with Crippen LogP contribution in [0.2, 0.25) is 0 Å². The van der Waals surface area contributed by atoms with Crippen molar-refractivity contribution >= 4 is 11.6 Å². The maximum absolute atomic E-state index is 12.6. The molecule has 0 aliphatic heterocycles. The molecular weight excluding hydrogens is 322 g/mol. The van der Waals surface area contributed by atoms with Crippen LogP contribution in [-0.2, 0) is 4.79 Å². The number of para-hydroxylation sites is 2. The van der Waals surface area contributed by atoms with Crippen molar-refractivity contribution < 1.29 is 23.7 Å². The van der Waals surface area contributed by atoms with Crippen LogP contribution < -0.4 is 24.3 Å². The second-order valence-corrected chi connectivity index (χ2v) is 5.22. The van der Waals surface area contributed by atoms with Gasteiger partial charge in [0.25, 0.3) is 5.91 Å². The number of amides is 1. The standard InChI is InChI=1S/C19H23NO5/c1-5-14(25-17-9-7-6-8-15(17)22-2)19(21)20-13-10-11-16(23-3)18(12-13)24-4/h6-12,14H,5H2,1-4H3,(H,20,21)/t14-/m0/s1. The summed E-state index contributed by atoms with van der Waals surface area (Å²) in [6.45, 7) is 1.88. The summed E-state index contributed by atoms with van der Waals surface area (Å²) < 4.78 is 21.5. The smallest absolute Gasteiger partial charge is 0.265 e. The van der Waals surface area contributed by atoms with E-state index in [9.17, 15) is 4.79 Å². The number of rotatable bonds is 8. The lowest BCUT2D eigenvalue weighted by Gasteiger charge is -2.19. The fourth-order valence-corrected chi connectivity index (χ4v) is 2.33. The Hall–Kier alpha value is -2.89. The summed E-state index contributed by atoms with van der Waals surface area (Å²) >= 11 is 0. The van der Waals surface area contributed by atoms with Gasteiger partial charge in [-0.1, -0.05) is 19.1 Å². The summed E-state index contributed by atoms with van der Waals surface area (Å²) in [4.78, 5) is 12.6. The second-order valence-electron chi connectivity index (χ2n) is 5.22. The van der Waals surface area contributed by atoms with Crippen LogP contribution in [0, 0.1) is 0 Å². The summed E-state index contributed by atoms with van der Waals surface area (Å²) in [5.74, 6) is 2.00. The van der Waals surface area contributed by atoms with Crippen LogP contribution in [-0.4, -0.2) is 33.3 Å². The fraction of sp³-hybridized carbons (Fsp3) is 0.316. The number of ether oxygens (including phenoxy) is 4. The van der Waals surface area contributed by atoms with Crippen molar-refractivity contribution in [1.82, 2.24) is 0 Å². The normalized spacial score (nSPS) is 11.4. The predicted octanol–water partition coefficient (Wildman–Crippen LogP) is 3.51. The molecule has 0 bridgehead atoms. The fourth-order valence-electron chi connectivity index (χ4n) is 2.33. The van der Waals surface area contributed by atoms with E-state index in [-0.39, 0.29) is 5.91 Å². The van der Waals surface area contributed by atoms with Gasteiger partial charge >= 0.3 is 0 Å². The van der Waals surface area contributed by atoms with Crippen LogP contribution in [0.15, 0.2) is 42.5 Å². The van der Waals surface area contributed by atoms with Gasteiger partial charge in [-0.3, -0.25) is 4.79 Å². The van der Waals surface area contributed by atoms with Gasteiger partial charge in [-0.15, -0.1) is 0 Å². The molecule has 2 aromatic carbocycles. The largest absolute Gasteiger partial charge is 0.493 e. The van der Waals surface area contributed by atoms with Gasteiger partial charge in [0.2, 0.25) is 0 Å². The first-order chi connectivity index (χ1) is 12.1. The van der Waals surface area contributed by atoms with E-state index >= 15 is 0 Å². The Labute approximate surface area is 147 Å². The number of benzene rings is 2. The monoisotopic (exact) mass is 345 g/mol. The zero-order chi connectivity index (χ0) is 18.2. The van der Waals surface area contributed by atoms with Gasteiger partial charge in [0, 0.05) is 11.8 Å². The van der Waals surface area contributed by atoms with Crippen molar-refractivity contribution in [3.63, 3.8) is 0 Å². The van der Waals surface area contributed by atoms with Gasteiger partial charge in [-0.25, -0.2) is 0 Å². The topological polar surface area (TPSA) is 66.0 Å². The number of carbonyl (C=O) groups excluding carboxylic acids is 1. The molecule has 134 valence electrons. The zero-order valence-electron chi connectivity index (χ0n) is 14.9. The highest BCUT2D eigenvalue weighted by molar-refractivity contribution is 5.94. The third-order valence-corrected chi connectivity index (χ3v) is 3.65. The van der Waals surface area contributed by atoms with Crippen molar-refractivity contribution in [2.75, 3.05) is 26.6 Å². The quantitative estimate of drug-likeness (QED) is 0.793. The molecule has 6 nitrogen and oxygen atoms in total. The first kappa shape index (κ1) is 18.4. The number of methoxy groups -OCH3 is 3. The number of nitrogens with one attached hydrogen (secondary N) is 1. The molecule has 25 heavy (non-hydrogen) atoms. The summed E-state index contributed by atoms with van der Waals surface area (Å²) in [6, 6.07) is 12.4. The van der Waals surface area contributed by atoms with Gasteiger partial charge in [0.1, 0.15) is 0 Å². The predicted molar refractivity (Wildman–Crippen MR) is 95.9 cm³/mol. The summed E-state index contributed by atoms with van der Waals surface area (Å²) in [6.07, 6.45) is -0.138. The molecule has 2 rings (SSSR count). The van der Waals surface area contributed by atoms with E-state index in [1.807, 2.05) is 19.1 Å². The van der Waals surface area contributed by atoms with E-state index in [0.29, 0.717) is 35.1 Å². The van der Waals surface area contributed by atoms with Crippen LogP contribution in [0.3, 0.4) is 0 Å². The molecule has 0 unspecified atom stereocenters. The Morgan fingerprint density at radius 3 is 2.12 bits per heavy atom. The third-order valence-electron chi connectivity index (χ3n) is 3.65. The van der Waals surface area contributed by atoms with E-state index in [2.05, 4.69) is 5.32 Å². The lowest BCUT2D eigenvalue weighted by atomic mass is 10.2. The molecule has 0 saturated heterocycles. The summed E-state index contributed by atoms with van der Waals surface area (Å²) in [7, 11) is 4.67. The van der Waals surface area contributed by atoms with Crippen molar-refractivity contribution in [3.8, 4) is 23.0 Å². The molecule has 1 atom stereocenters. The molecule has 0 aliphatic carbocycles. The molecule has 0 radical (unpaired) electrons. The van der Waals surface area contributed by atoms with Gasteiger partial charge < -0.3 is 24.3 Å². The van der Waals surface area contributed by atoms with Gasteiger partial charge in [0.05, 0.1) is 21.3 Å². The van der Waals surface area contributed by atoms with Gasteiger partial charge in [-0.05, 0) is 30.7 Å². The van der Waals surface area contributed by atoms with Gasteiger partial charge in [0.15, 0.2) is 29.1 Å². The lowest BCUT2D eigenvalue weighted by molar-refractivity contribution is -0.122. The number of hydrogen-bond acceptors (Lipinski definition) is 5. The average Bonchev–Trinajstić information content (AvgIpc) is 2.66. The molecule has 1 amide bonds. The van der Waals surface area contributed by atoms with Crippen molar-refractivity contribution in [2.45, 2.75) is 19.4 Å². The molecule has 6 heteroatoms. The van der Waals surface area contributed by atoms with Crippen molar-refractivity contribution in [1.29, 1.82) is 0 Å². The highest BCUT2D eigenvalue weighted by Crippen LogP contribution is 2.30. The van der Waals surface area contributed by atoms with Crippen LogP contribution in [0.5, 0.6) is 23.0 Å². The highest BCUT2D eigenvalue weighted by atomic mass is 16.5. The van der Waals surface area contributed by atoms with Crippen molar-refractivity contribution in [2.24, 2.45) is 0 Å². The first-order valence-corrected chi connectivity index (χ1v) is 7.95. The average molecular weight is 345 g/mol. The van der Waals surface area contributed by atoms with E-state index in [0.717, 1.165) is 0 Å². The summed E-state index contributed by atoms with van der Waals surface area (Å²) in [5, 5.41) is 2.84. The second kappa shape index (κ2) is 8.82. The molecule has 1 N–H and O–H groups in total. The lowest BCUT2D eigenvalue weighted by Crippen LogP contribution is -2.32. The first-order valence-electron chi connectivity index (χ1n) is 7.95. The Bertz CT molecular complexity index is 717. The van der Waals surface area contributed by atoms with E-state index < -0.39 is 6.10 Å². The highest BCUT2D eigenvalue weighted by Gasteiger charge is 2.20. The Balaban J connectivity index is 2.12. The van der Waals surface area contributed by atoms with E-state index in [4.69, 9.17) is 18.9 Å². The Morgan fingerprint density at radius 2 is 1.52 bits per heavy atom. The van der Waals surface area contributed by atoms with Gasteiger partial charge in [-0.2, -0.15) is 0 Å². The van der Waals surface area contributed by atoms with Crippen molar-refractivity contribution in [3.05, 3.63) is 42.5 Å². The number of anilines is 1. The Kier molecular flexibility index (Phi) is 6.51. The van der Waals surface area contributed by atoms with E-state index in [1.165, 1.54) is 0 Å². The molecule has 0 heterocycles. The minimum Gasteiger partial charge on any atom is -0.493 e. The maximum atomic E-state index is 12.6. The third kappa shape index (κ3) is 4.56. The Morgan fingerprint density at radius 1 is 0.920 bits per heavy atom. The van der Waals surface area contributed by atoms with Crippen LogP contribution in [0.4, 0.5) is 5.69 Å². The maximum Gasteiger partial charge on any atom is 0.265 e. The molecular formula is C19H23NO5. The van der Waals surface area contributed by atoms with E-state index in [1.54, 1.807) is 51.7 Å². The zero-order valence-corrected chi connectivity index (χ0v) is 14.9. The molecule has 2 aromatic rings. The SMILES string of the molecule is CC[C@H](Oc1ccccc1OC)C(=O)Nc1ccc(OC)c(OC)c1. The minimum atomic E-state index is -0.649. The molecule has 0 fully saturated rings.